The highest BCUT2D eigenvalue weighted by Gasteiger charge is 2.06. The van der Waals surface area contributed by atoms with Crippen molar-refractivity contribution in [3.05, 3.63) is 21.9 Å². The Morgan fingerprint density at radius 2 is 2.23 bits per heavy atom. The first kappa shape index (κ1) is 9.82. The van der Waals surface area contributed by atoms with E-state index in [1.54, 1.807) is 4.90 Å². The minimum Gasteiger partial charge on any atom is -0.338 e. The normalized spacial score (nSPS) is 8.85. The van der Waals surface area contributed by atoms with E-state index in [0.29, 0.717) is 0 Å². The second-order valence-corrected chi connectivity index (χ2v) is 3.81. The molecular formula is C10H11NOS. The van der Waals surface area contributed by atoms with Gasteiger partial charge in [0.25, 0.3) is 0 Å². The molecule has 0 radical (unpaired) electrons. The van der Waals surface area contributed by atoms with E-state index in [2.05, 4.69) is 12.0 Å². The molecule has 13 heavy (non-hydrogen) atoms. The molecule has 0 aromatic carbocycles. The van der Waals surface area contributed by atoms with Gasteiger partial charge in [0.05, 0.1) is 4.88 Å². The Bertz CT molecular complexity index is 368. The summed E-state index contributed by atoms with van der Waals surface area (Å²) in [4.78, 5) is 13.9. The van der Waals surface area contributed by atoms with Crippen molar-refractivity contribution in [3.63, 3.8) is 0 Å². The fraction of sp³-hybridized carbons (Fsp3) is 0.300. The third-order valence-electron chi connectivity index (χ3n) is 1.46. The summed E-state index contributed by atoms with van der Waals surface area (Å²) in [6.45, 7) is 1.92. The summed E-state index contributed by atoms with van der Waals surface area (Å²) in [7, 11) is 3.61. The number of aryl methyl sites for hydroxylation is 1. The number of hydrogen-bond donors (Lipinski definition) is 0. The molecule has 0 saturated heterocycles. The zero-order valence-electron chi connectivity index (χ0n) is 7.92. The molecule has 0 bridgehead atoms. The molecule has 0 aliphatic heterocycles. The van der Waals surface area contributed by atoms with E-state index in [1.165, 1.54) is 11.3 Å². The molecule has 0 aliphatic carbocycles. The Hall–Kier alpha value is -1.27. The lowest BCUT2D eigenvalue weighted by Crippen LogP contribution is -2.03. The summed E-state index contributed by atoms with van der Waals surface area (Å²) in [5, 5.41) is 1.90. The largest absolute Gasteiger partial charge is 0.338 e. The topological polar surface area (TPSA) is 20.3 Å². The van der Waals surface area contributed by atoms with Gasteiger partial charge in [0.2, 0.25) is 5.78 Å². The van der Waals surface area contributed by atoms with Crippen molar-refractivity contribution < 1.29 is 4.79 Å². The van der Waals surface area contributed by atoms with Crippen LogP contribution in [0.2, 0.25) is 0 Å². The van der Waals surface area contributed by atoms with Crippen LogP contribution in [0.4, 0.5) is 0 Å². The van der Waals surface area contributed by atoms with Crippen LogP contribution in [0.5, 0.6) is 0 Å². The maximum absolute atomic E-state index is 11.4. The predicted octanol–water partition coefficient (Wildman–Crippen LogP) is 1.76. The van der Waals surface area contributed by atoms with Gasteiger partial charge in [-0.1, -0.05) is 0 Å². The summed E-state index contributed by atoms with van der Waals surface area (Å²) < 4.78 is 0. The van der Waals surface area contributed by atoms with Crippen molar-refractivity contribution in [1.82, 2.24) is 4.90 Å². The maximum atomic E-state index is 11.4. The molecule has 68 valence electrons. The fourth-order valence-electron chi connectivity index (χ4n) is 0.825. The van der Waals surface area contributed by atoms with E-state index in [9.17, 15) is 4.79 Å². The number of nitrogens with zero attached hydrogens (tertiary/aromatic N) is 1. The first-order valence-corrected chi connectivity index (χ1v) is 4.76. The number of ketones is 1. The zero-order valence-corrected chi connectivity index (χ0v) is 8.73. The van der Waals surface area contributed by atoms with Crippen molar-refractivity contribution in [1.29, 1.82) is 0 Å². The number of carbonyl (C=O) groups is 1. The van der Waals surface area contributed by atoms with Crippen LogP contribution in [-0.2, 0) is 0 Å². The van der Waals surface area contributed by atoms with Crippen molar-refractivity contribution in [3.8, 4) is 12.0 Å². The summed E-state index contributed by atoms with van der Waals surface area (Å²) in [5.41, 5.74) is 1.00. The minimum atomic E-state index is -0.0961. The molecule has 1 rings (SSSR count). The highest BCUT2D eigenvalue weighted by molar-refractivity contribution is 7.12. The molecular weight excluding hydrogens is 182 g/mol. The molecule has 1 aromatic heterocycles. The van der Waals surface area contributed by atoms with Crippen LogP contribution in [0, 0.1) is 18.9 Å². The molecule has 0 spiro atoms. The summed E-state index contributed by atoms with van der Waals surface area (Å²) in [5.74, 6) is 2.48. The lowest BCUT2D eigenvalue weighted by atomic mass is 10.2. The lowest BCUT2D eigenvalue weighted by molar-refractivity contribution is 0.105. The van der Waals surface area contributed by atoms with Crippen LogP contribution in [-0.4, -0.2) is 24.8 Å². The van der Waals surface area contributed by atoms with Crippen molar-refractivity contribution >= 4 is 17.1 Å². The van der Waals surface area contributed by atoms with E-state index >= 15 is 0 Å². The number of Topliss-reactive ketones (excluding diaryl/α,β-unsaturated/α-hetero) is 1. The van der Waals surface area contributed by atoms with Gasteiger partial charge in [-0.05, 0) is 23.9 Å². The van der Waals surface area contributed by atoms with E-state index in [1.807, 2.05) is 32.5 Å². The van der Waals surface area contributed by atoms with Gasteiger partial charge in [0.15, 0.2) is 0 Å². The van der Waals surface area contributed by atoms with Crippen molar-refractivity contribution in [2.45, 2.75) is 6.92 Å². The van der Waals surface area contributed by atoms with E-state index in [0.717, 1.165) is 10.4 Å². The van der Waals surface area contributed by atoms with Crippen LogP contribution in [0.1, 0.15) is 15.2 Å². The van der Waals surface area contributed by atoms with E-state index < -0.39 is 0 Å². The predicted molar refractivity (Wildman–Crippen MR) is 54.8 cm³/mol. The molecule has 0 N–H and O–H groups in total. The molecule has 0 amide bonds. The summed E-state index contributed by atoms with van der Waals surface area (Å²) in [6, 6.07) is 4.63. The van der Waals surface area contributed by atoms with Crippen molar-refractivity contribution in [2.24, 2.45) is 0 Å². The lowest BCUT2D eigenvalue weighted by Gasteiger charge is -1.96. The second-order valence-electron chi connectivity index (χ2n) is 2.89. The summed E-state index contributed by atoms with van der Waals surface area (Å²) >= 11 is 1.44. The van der Waals surface area contributed by atoms with Gasteiger partial charge in [-0.25, -0.2) is 0 Å². The van der Waals surface area contributed by atoms with Gasteiger partial charge in [-0.2, -0.15) is 0 Å². The third kappa shape index (κ3) is 2.60. The molecule has 2 nitrogen and oxygen atoms in total. The van der Waals surface area contributed by atoms with Gasteiger partial charge < -0.3 is 4.90 Å². The second kappa shape index (κ2) is 4.11. The average molecular weight is 193 g/mol. The smallest absolute Gasteiger partial charge is 0.247 e. The van der Waals surface area contributed by atoms with E-state index in [4.69, 9.17) is 0 Å². The molecule has 0 aliphatic rings. The molecule has 1 aromatic rings. The fourth-order valence-corrected chi connectivity index (χ4v) is 1.64. The van der Waals surface area contributed by atoms with E-state index in [-0.39, 0.29) is 5.78 Å². The van der Waals surface area contributed by atoms with Gasteiger partial charge in [-0.15, -0.1) is 11.3 Å². The number of rotatable bonds is 1. The molecule has 3 heteroatoms. The monoisotopic (exact) mass is 193 g/mol. The molecule has 1 heterocycles. The first-order valence-electron chi connectivity index (χ1n) is 3.88. The Morgan fingerprint density at radius 1 is 1.54 bits per heavy atom. The quantitative estimate of drug-likeness (QED) is 0.385. The van der Waals surface area contributed by atoms with Crippen LogP contribution < -0.4 is 0 Å². The molecule has 0 saturated carbocycles. The zero-order chi connectivity index (χ0) is 9.84. The SMILES string of the molecule is Cc1ccsc1C(=O)C#CN(C)C. The van der Waals surface area contributed by atoms with Crippen molar-refractivity contribution in [2.75, 3.05) is 14.1 Å². The number of thiophene rings is 1. The highest BCUT2D eigenvalue weighted by Crippen LogP contribution is 2.15. The Balaban J connectivity index is 2.83. The highest BCUT2D eigenvalue weighted by atomic mass is 32.1. The third-order valence-corrected chi connectivity index (χ3v) is 2.48. The Labute approximate surface area is 82.2 Å². The van der Waals surface area contributed by atoms with Gasteiger partial charge in [-0.3, -0.25) is 4.79 Å². The van der Waals surface area contributed by atoms with Crippen LogP contribution in [0.25, 0.3) is 0 Å². The van der Waals surface area contributed by atoms with Gasteiger partial charge in [0.1, 0.15) is 0 Å². The molecule has 0 unspecified atom stereocenters. The first-order chi connectivity index (χ1) is 6.11. The Kier molecular flexibility index (Phi) is 3.10. The van der Waals surface area contributed by atoms with Gasteiger partial charge >= 0.3 is 0 Å². The van der Waals surface area contributed by atoms with Crippen LogP contribution >= 0.6 is 11.3 Å². The average Bonchev–Trinajstić information content (AvgIpc) is 2.47. The Morgan fingerprint density at radius 3 is 2.69 bits per heavy atom. The summed E-state index contributed by atoms with van der Waals surface area (Å²) in [6.07, 6.45) is 0. The van der Waals surface area contributed by atoms with Crippen LogP contribution in [0.3, 0.4) is 0 Å². The van der Waals surface area contributed by atoms with Crippen LogP contribution in [0.15, 0.2) is 11.4 Å². The standard InChI is InChI=1S/C10H11NOS/c1-8-5-7-13-10(8)9(12)4-6-11(2)3/h5,7H,1-3H3. The molecule has 0 atom stereocenters. The minimum absolute atomic E-state index is 0.0961. The van der Waals surface area contributed by atoms with Gasteiger partial charge in [0, 0.05) is 26.1 Å². The number of hydrogen-bond acceptors (Lipinski definition) is 3. The maximum Gasteiger partial charge on any atom is 0.247 e. The molecule has 0 fully saturated rings. The number of carbonyl (C=O) groups excluding carboxylic acids is 1.